The maximum atomic E-state index is 12.4. The van der Waals surface area contributed by atoms with Crippen molar-refractivity contribution < 1.29 is 13.2 Å². The summed E-state index contributed by atoms with van der Waals surface area (Å²) in [5.41, 5.74) is 5.86. The van der Waals surface area contributed by atoms with Gasteiger partial charge >= 0.3 is 6.18 Å². The molecule has 1 atom stereocenters. The lowest BCUT2D eigenvalue weighted by Crippen LogP contribution is -2.08. The van der Waals surface area contributed by atoms with Crippen molar-refractivity contribution in [2.45, 2.75) is 19.1 Å². The van der Waals surface area contributed by atoms with E-state index in [4.69, 9.17) is 5.73 Å². The first-order chi connectivity index (χ1) is 7.88. The minimum Gasteiger partial charge on any atom is -0.319 e. The second-order valence-corrected chi connectivity index (χ2v) is 5.65. The SMILES string of the molecule is Cc1ncc(C(N)c2cnc(C(F)(F)F)s2)s1. The summed E-state index contributed by atoms with van der Waals surface area (Å²) in [6.45, 7) is 1.81. The Hall–Kier alpha value is -0.990. The van der Waals surface area contributed by atoms with E-state index in [9.17, 15) is 13.2 Å². The molecular formula is C9H8F3N3S2. The minimum absolute atomic E-state index is 0.390. The van der Waals surface area contributed by atoms with Gasteiger partial charge < -0.3 is 5.73 Å². The number of halogens is 3. The van der Waals surface area contributed by atoms with Gasteiger partial charge in [0.15, 0.2) is 5.01 Å². The normalized spacial score (nSPS) is 13.9. The van der Waals surface area contributed by atoms with E-state index in [1.807, 2.05) is 6.92 Å². The monoisotopic (exact) mass is 279 g/mol. The van der Waals surface area contributed by atoms with Crippen molar-refractivity contribution >= 4 is 22.7 Å². The van der Waals surface area contributed by atoms with Crippen LogP contribution in [0.25, 0.3) is 0 Å². The van der Waals surface area contributed by atoms with E-state index in [0.717, 1.165) is 9.88 Å². The van der Waals surface area contributed by atoms with Gasteiger partial charge in [0.1, 0.15) is 0 Å². The molecule has 2 aromatic rings. The Bertz CT molecular complexity index is 518. The smallest absolute Gasteiger partial charge is 0.319 e. The van der Waals surface area contributed by atoms with Gasteiger partial charge in [-0.05, 0) is 6.92 Å². The summed E-state index contributed by atoms with van der Waals surface area (Å²) in [5.74, 6) is 0. The van der Waals surface area contributed by atoms with Crippen molar-refractivity contribution in [1.29, 1.82) is 0 Å². The standard InChI is InChI=1S/C9H8F3N3S2/c1-4-14-2-5(16-4)7(13)6-3-15-8(17-6)9(10,11)12/h2-3,7H,13H2,1H3. The summed E-state index contributed by atoms with van der Waals surface area (Å²) in [6.07, 6.45) is -1.66. The molecule has 0 spiro atoms. The molecule has 0 aliphatic heterocycles. The van der Waals surface area contributed by atoms with Crippen LogP contribution < -0.4 is 5.73 Å². The number of aromatic nitrogens is 2. The highest BCUT2D eigenvalue weighted by molar-refractivity contribution is 7.13. The molecule has 3 nitrogen and oxygen atoms in total. The Kier molecular flexibility index (Phi) is 3.19. The average molecular weight is 279 g/mol. The average Bonchev–Trinajstić information content (AvgIpc) is 2.83. The fourth-order valence-corrected chi connectivity index (χ4v) is 2.91. The second-order valence-electron chi connectivity index (χ2n) is 3.32. The van der Waals surface area contributed by atoms with Crippen molar-refractivity contribution in [3.05, 3.63) is 32.2 Å². The summed E-state index contributed by atoms with van der Waals surface area (Å²) in [6, 6.07) is -0.588. The number of nitrogens with zero attached hydrogens (tertiary/aromatic N) is 2. The van der Waals surface area contributed by atoms with E-state index < -0.39 is 17.2 Å². The second kappa shape index (κ2) is 4.35. The predicted octanol–water partition coefficient (Wildman–Crippen LogP) is 2.97. The third kappa shape index (κ3) is 2.64. The Morgan fingerprint density at radius 3 is 2.24 bits per heavy atom. The molecule has 0 saturated heterocycles. The third-order valence-corrected chi connectivity index (χ3v) is 4.14. The fourth-order valence-electron chi connectivity index (χ4n) is 1.22. The molecule has 0 saturated carbocycles. The fraction of sp³-hybridized carbons (Fsp3) is 0.333. The van der Waals surface area contributed by atoms with Gasteiger partial charge in [-0.2, -0.15) is 13.2 Å². The lowest BCUT2D eigenvalue weighted by atomic mass is 10.2. The Morgan fingerprint density at radius 1 is 1.18 bits per heavy atom. The van der Waals surface area contributed by atoms with E-state index in [1.54, 1.807) is 6.20 Å². The van der Waals surface area contributed by atoms with Gasteiger partial charge in [0.05, 0.1) is 11.0 Å². The first-order valence-electron chi connectivity index (χ1n) is 4.59. The van der Waals surface area contributed by atoms with Crippen LogP contribution in [0.4, 0.5) is 13.2 Å². The zero-order valence-electron chi connectivity index (χ0n) is 8.65. The Morgan fingerprint density at radius 2 is 1.76 bits per heavy atom. The molecule has 0 bridgehead atoms. The number of nitrogens with two attached hydrogens (primary N) is 1. The van der Waals surface area contributed by atoms with Gasteiger partial charge in [-0.25, -0.2) is 9.97 Å². The van der Waals surface area contributed by atoms with Crippen LogP contribution in [0.3, 0.4) is 0 Å². The number of hydrogen-bond donors (Lipinski definition) is 1. The number of rotatable bonds is 2. The Labute approximate surface area is 103 Å². The molecule has 2 aromatic heterocycles. The maximum Gasteiger partial charge on any atom is 0.443 e. The molecule has 0 radical (unpaired) electrons. The van der Waals surface area contributed by atoms with Crippen molar-refractivity contribution in [1.82, 2.24) is 9.97 Å². The van der Waals surface area contributed by atoms with E-state index >= 15 is 0 Å². The molecule has 2 rings (SSSR count). The van der Waals surface area contributed by atoms with Gasteiger partial charge in [0.2, 0.25) is 0 Å². The van der Waals surface area contributed by atoms with Gasteiger partial charge in [-0.1, -0.05) is 0 Å². The molecule has 1 unspecified atom stereocenters. The van der Waals surface area contributed by atoms with Crippen molar-refractivity contribution in [3.8, 4) is 0 Å². The quantitative estimate of drug-likeness (QED) is 0.919. The molecule has 2 heterocycles. The molecule has 0 aromatic carbocycles. The zero-order chi connectivity index (χ0) is 12.6. The highest BCUT2D eigenvalue weighted by atomic mass is 32.1. The molecule has 17 heavy (non-hydrogen) atoms. The zero-order valence-corrected chi connectivity index (χ0v) is 10.3. The molecule has 0 fully saturated rings. The van der Waals surface area contributed by atoms with Crippen LogP contribution in [0.2, 0.25) is 0 Å². The number of hydrogen-bond acceptors (Lipinski definition) is 5. The lowest BCUT2D eigenvalue weighted by molar-refractivity contribution is -0.137. The van der Waals surface area contributed by atoms with Gasteiger partial charge in [0.25, 0.3) is 0 Å². The highest BCUT2D eigenvalue weighted by Crippen LogP contribution is 2.36. The van der Waals surface area contributed by atoms with E-state index in [2.05, 4.69) is 9.97 Å². The summed E-state index contributed by atoms with van der Waals surface area (Å²) < 4.78 is 37.1. The number of aryl methyl sites for hydroxylation is 1. The first kappa shape index (κ1) is 12.5. The molecule has 2 N–H and O–H groups in total. The van der Waals surface area contributed by atoms with E-state index in [-0.39, 0.29) is 0 Å². The largest absolute Gasteiger partial charge is 0.443 e. The summed E-state index contributed by atoms with van der Waals surface area (Å²) in [7, 11) is 0. The maximum absolute atomic E-state index is 12.4. The van der Waals surface area contributed by atoms with Crippen LogP contribution >= 0.6 is 22.7 Å². The molecule has 0 aliphatic carbocycles. The first-order valence-corrected chi connectivity index (χ1v) is 6.22. The van der Waals surface area contributed by atoms with E-state index in [1.165, 1.54) is 17.5 Å². The van der Waals surface area contributed by atoms with E-state index in [0.29, 0.717) is 16.2 Å². The lowest BCUT2D eigenvalue weighted by Gasteiger charge is -2.04. The third-order valence-electron chi connectivity index (χ3n) is 2.02. The molecule has 0 amide bonds. The van der Waals surface area contributed by atoms with Crippen LogP contribution in [-0.4, -0.2) is 9.97 Å². The molecule has 92 valence electrons. The van der Waals surface area contributed by atoms with Crippen LogP contribution in [0.15, 0.2) is 12.4 Å². The van der Waals surface area contributed by atoms with Crippen molar-refractivity contribution in [2.24, 2.45) is 5.73 Å². The van der Waals surface area contributed by atoms with Crippen LogP contribution in [0.1, 0.15) is 25.8 Å². The van der Waals surface area contributed by atoms with Crippen molar-refractivity contribution in [3.63, 3.8) is 0 Å². The van der Waals surface area contributed by atoms with Crippen LogP contribution in [0, 0.1) is 6.92 Å². The van der Waals surface area contributed by atoms with Gasteiger partial charge in [-0.15, -0.1) is 22.7 Å². The minimum atomic E-state index is -4.41. The van der Waals surface area contributed by atoms with Crippen molar-refractivity contribution in [2.75, 3.05) is 0 Å². The summed E-state index contributed by atoms with van der Waals surface area (Å²) in [5, 5.41) is -0.0415. The molecule has 0 aliphatic rings. The molecule has 8 heteroatoms. The number of alkyl halides is 3. The highest BCUT2D eigenvalue weighted by Gasteiger charge is 2.35. The van der Waals surface area contributed by atoms with Crippen LogP contribution in [-0.2, 0) is 6.18 Å². The van der Waals surface area contributed by atoms with Gasteiger partial charge in [-0.3, -0.25) is 0 Å². The molecular weight excluding hydrogens is 271 g/mol. The predicted molar refractivity (Wildman–Crippen MR) is 60.0 cm³/mol. The topological polar surface area (TPSA) is 51.8 Å². The summed E-state index contributed by atoms with van der Waals surface area (Å²) in [4.78, 5) is 8.48. The van der Waals surface area contributed by atoms with Crippen LogP contribution in [0.5, 0.6) is 0 Å². The summed E-state index contributed by atoms with van der Waals surface area (Å²) >= 11 is 1.94. The Balaban J connectivity index is 2.26. The van der Waals surface area contributed by atoms with Gasteiger partial charge in [0, 0.05) is 22.1 Å². The number of thiazole rings is 2.